The topological polar surface area (TPSA) is 76.6 Å². The molecule has 0 aliphatic carbocycles. The maximum Gasteiger partial charge on any atom is 0.410 e. The number of hydrogen-bond acceptors (Lipinski definition) is 4. The van der Waals surface area contributed by atoms with E-state index in [9.17, 15) is 9.59 Å². The van der Waals surface area contributed by atoms with Crippen molar-refractivity contribution in [3.63, 3.8) is 0 Å². The third kappa shape index (κ3) is 3.19. The van der Waals surface area contributed by atoms with Gasteiger partial charge < -0.3 is 19.4 Å². The number of imidazole rings is 1. The van der Waals surface area contributed by atoms with Gasteiger partial charge in [0.05, 0.1) is 24.2 Å². The fourth-order valence-electron chi connectivity index (χ4n) is 3.38. The van der Waals surface area contributed by atoms with Crippen LogP contribution in [0.2, 0.25) is 0 Å². The van der Waals surface area contributed by atoms with E-state index in [1.165, 1.54) is 0 Å². The van der Waals surface area contributed by atoms with Crippen molar-refractivity contribution in [2.24, 2.45) is 0 Å². The molecule has 3 heterocycles. The minimum absolute atomic E-state index is 0.0529. The maximum atomic E-state index is 12.3. The summed E-state index contributed by atoms with van der Waals surface area (Å²) < 4.78 is 12.5. The molecule has 0 spiro atoms. The van der Waals surface area contributed by atoms with Crippen molar-refractivity contribution in [3.05, 3.63) is 40.8 Å². The standard InChI is InChI=1S/C18H21N3O4/c22-17-19-15-3-1-2-4-16(15)21(17)13-5-9-20(10-6-13)18(23)25-14-7-11-24-12-8-14/h1-5,14H,6-12H2,(H,19,22). The fourth-order valence-corrected chi connectivity index (χ4v) is 3.38. The minimum atomic E-state index is -0.284. The number of aromatic amines is 1. The largest absolute Gasteiger partial charge is 0.446 e. The molecule has 1 saturated heterocycles. The molecule has 2 aliphatic rings. The Bertz CT molecular complexity index is 861. The van der Waals surface area contributed by atoms with Gasteiger partial charge in [-0.1, -0.05) is 12.1 Å². The number of ether oxygens (including phenoxy) is 2. The summed E-state index contributed by atoms with van der Waals surface area (Å²) in [6.45, 7) is 2.28. The second-order valence-corrected chi connectivity index (χ2v) is 6.37. The molecular formula is C18H21N3O4. The Morgan fingerprint density at radius 2 is 2.04 bits per heavy atom. The number of nitrogens with zero attached hydrogens (tertiary/aromatic N) is 2. The van der Waals surface area contributed by atoms with E-state index in [-0.39, 0.29) is 17.9 Å². The van der Waals surface area contributed by atoms with Crippen LogP contribution in [0.5, 0.6) is 0 Å². The molecule has 0 radical (unpaired) electrons. The lowest BCUT2D eigenvalue weighted by atomic mass is 10.1. The number of H-pyrrole nitrogens is 1. The van der Waals surface area contributed by atoms with E-state index in [1.54, 1.807) is 9.47 Å². The highest BCUT2D eigenvalue weighted by atomic mass is 16.6. The molecule has 4 rings (SSSR count). The van der Waals surface area contributed by atoms with Crippen molar-refractivity contribution in [1.82, 2.24) is 14.5 Å². The molecule has 0 bridgehead atoms. The predicted molar refractivity (Wildman–Crippen MR) is 93.3 cm³/mol. The molecule has 0 saturated carbocycles. The van der Waals surface area contributed by atoms with Crippen molar-refractivity contribution >= 4 is 22.8 Å². The fraction of sp³-hybridized carbons (Fsp3) is 0.444. The van der Waals surface area contributed by atoms with Gasteiger partial charge in [0.25, 0.3) is 0 Å². The van der Waals surface area contributed by atoms with Crippen LogP contribution < -0.4 is 5.69 Å². The van der Waals surface area contributed by atoms with E-state index < -0.39 is 0 Å². The van der Waals surface area contributed by atoms with Crippen LogP contribution in [-0.2, 0) is 9.47 Å². The molecule has 25 heavy (non-hydrogen) atoms. The first kappa shape index (κ1) is 16.0. The third-order valence-corrected chi connectivity index (χ3v) is 4.76. The molecule has 1 aromatic carbocycles. The summed E-state index contributed by atoms with van der Waals surface area (Å²) in [4.78, 5) is 29.1. The van der Waals surface area contributed by atoms with Crippen LogP contribution in [0.15, 0.2) is 35.1 Å². The lowest BCUT2D eigenvalue weighted by Crippen LogP contribution is -2.39. The Labute approximate surface area is 144 Å². The number of para-hydroxylation sites is 2. The van der Waals surface area contributed by atoms with Crippen LogP contribution in [-0.4, -0.2) is 53.0 Å². The van der Waals surface area contributed by atoms with E-state index in [1.807, 2.05) is 30.3 Å². The summed E-state index contributed by atoms with van der Waals surface area (Å²) in [5, 5.41) is 0. The quantitative estimate of drug-likeness (QED) is 0.907. The van der Waals surface area contributed by atoms with Gasteiger partial charge in [-0.05, 0) is 18.2 Å². The van der Waals surface area contributed by atoms with Gasteiger partial charge in [-0.15, -0.1) is 0 Å². The summed E-state index contributed by atoms with van der Waals surface area (Å²) >= 11 is 0. The molecule has 2 aliphatic heterocycles. The smallest absolute Gasteiger partial charge is 0.410 e. The van der Waals surface area contributed by atoms with Crippen molar-refractivity contribution in [3.8, 4) is 0 Å². The van der Waals surface area contributed by atoms with Crippen LogP contribution in [0.25, 0.3) is 16.7 Å². The Morgan fingerprint density at radius 3 is 2.80 bits per heavy atom. The average Bonchev–Trinajstić information content (AvgIpc) is 2.98. The lowest BCUT2D eigenvalue weighted by Gasteiger charge is -2.29. The maximum absolute atomic E-state index is 12.3. The molecule has 132 valence electrons. The zero-order valence-corrected chi connectivity index (χ0v) is 13.9. The molecule has 1 amide bonds. The van der Waals surface area contributed by atoms with E-state index in [2.05, 4.69) is 4.98 Å². The molecule has 0 unspecified atom stereocenters. The van der Waals surface area contributed by atoms with Crippen LogP contribution in [0, 0.1) is 0 Å². The summed E-state index contributed by atoms with van der Waals surface area (Å²) in [7, 11) is 0. The number of amides is 1. The normalized spacial score (nSPS) is 19.0. The van der Waals surface area contributed by atoms with Crippen molar-refractivity contribution in [1.29, 1.82) is 0 Å². The summed E-state index contributed by atoms with van der Waals surface area (Å²) in [5.74, 6) is 0. The number of aromatic nitrogens is 2. The average molecular weight is 343 g/mol. The number of benzene rings is 1. The molecule has 1 fully saturated rings. The summed E-state index contributed by atoms with van der Waals surface area (Å²) in [6.07, 6.45) is 3.72. The Hall–Kier alpha value is -2.54. The molecule has 7 heteroatoms. The van der Waals surface area contributed by atoms with Crippen molar-refractivity contribution < 1.29 is 14.3 Å². The lowest BCUT2D eigenvalue weighted by molar-refractivity contribution is -0.00933. The second kappa shape index (κ2) is 6.76. The van der Waals surface area contributed by atoms with Crippen molar-refractivity contribution in [2.75, 3.05) is 26.3 Å². The number of rotatable bonds is 2. The van der Waals surface area contributed by atoms with E-state index in [0.717, 1.165) is 29.6 Å². The molecule has 0 atom stereocenters. The van der Waals surface area contributed by atoms with E-state index in [4.69, 9.17) is 9.47 Å². The Kier molecular flexibility index (Phi) is 4.31. The third-order valence-electron chi connectivity index (χ3n) is 4.76. The predicted octanol–water partition coefficient (Wildman–Crippen LogP) is 2.19. The molecule has 1 aromatic heterocycles. The Morgan fingerprint density at radius 1 is 1.24 bits per heavy atom. The highest BCUT2D eigenvalue weighted by molar-refractivity contribution is 5.79. The highest BCUT2D eigenvalue weighted by Gasteiger charge is 2.24. The van der Waals surface area contributed by atoms with Gasteiger partial charge in [-0.3, -0.25) is 4.57 Å². The molecular weight excluding hydrogens is 322 g/mol. The zero-order valence-electron chi connectivity index (χ0n) is 13.9. The minimum Gasteiger partial charge on any atom is -0.446 e. The molecule has 1 N–H and O–H groups in total. The molecule has 2 aromatic rings. The van der Waals surface area contributed by atoms with Gasteiger partial charge in [0.2, 0.25) is 0 Å². The second-order valence-electron chi connectivity index (χ2n) is 6.37. The van der Waals surface area contributed by atoms with Crippen LogP contribution in [0.3, 0.4) is 0 Å². The number of hydrogen-bond donors (Lipinski definition) is 1. The molecule has 7 nitrogen and oxygen atoms in total. The number of carbonyl (C=O) groups excluding carboxylic acids is 1. The number of fused-ring (bicyclic) bond motifs is 1. The first-order valence-corrected chi connectivity index (χ1v) is 8.65. The summed E-state index contributed by atoms with van der Waals surface area (Å²) in [5.41, 5.74) is 2.44. The van der Waals surface area contributed by atoms with Gasteiger partial charge in [-0.25, -0.2) is 9.59 Å². The van der Waals surface area contributed by atoms with Crippen LogP contribution in [0.4, 0.5) is 4.79 Å². The highest BCUT2D eigenvalue weighted by Crippen LogP contribution is 2.21. The van der Waals surface area contributed by atoms with Crippen LogP contribution in [0.1, 0.15) is 19.3 Å². The SMILES string of the molecule is O=C(OC1CCOCC1)N1CC=C(n2c(=O)[nH]c3ccccc32)CC1. The summed E-state index contributed by atoms with van der Waals surface area (Å²) in [6, 6.07) is 7.60. The zero-order chi connectivity index (χ0) is 17.2. The van der Waals surface area contributed by atoms with Gasteiger partial charge in [-0.2, -0.15) is 0 Å². The van der Waals surface area contributed by atoms with E-state index in [0.29, 0.717) is 32.7 Å². The van der Waals surface area contributed by atoms with Gasteiger partial charge in [0, 0.05) is 38.0 Å². The van der Waals surface area contributed by atoms with Gasteiger partial charge in [0.1, 0.15) is 6.10 Å². The number of carbonyl (C=O) groups is 1. The number of nitrogens with one attached hydrogen (secondary N) is 1. The van der Waals surface area contributed by atoms with E-state index >= 15 is 0 Å². The van der Waals surface area contributed by atoms with Crippen LogP contribution >= 0.6 is 0 Å². The monoisotopic (exact) mass is 343 g/mol. The van der Waals surface area contributed by atoms with Crippen molar-refractivity contribution in [2.45, 2.75) is 25.4 Å². The van der Waals surface area contributed by atoms with Gasteiger partial charge >= 0.3 is 11.8 Å². The van der Waals surface area contributed by atoms with Gasteiger partial charge in [0.15, 0.2) is 0 Å². The first-order valence-electron chi connectivity index (χ1n) is 8.65. The Balaban J connectivity index is 1.47. The first-order chi connectivity index (χ1) is 12.2.